The van der Waals surface area contributed by atoms with E-state index in [0.29, 0.717) is 0 Å². The molecule has 0 aromatic heterocycles. The van der Waals surface area contributed by atoms with Crippen molar-refractivity contribution >= 4 is 5.97 Å². The Bertz CT molecular complexity index is 273. The SMILES string of the molecule is C=CC(C(=O)OC)N1CCN(CCN(C)C)CC1. The first-order valence-electron chi connectivity index (χ1n) is 6.40. The van der Waals surface area contributed by atoms with Crippen molar-refractivity contribution in [2.75, 3.05) is 60.5 Å². The van der Waals surface area contributed by atoms with Crippen molar-refractivity contribution in [3.63, 3.8) is 0 Å². The first-order valence-corrected chi connectivity index (χ1v) is 6.40. The number of esters is 1. The van der Waals surface area contributed by atoms with E-state index < -0.39 is 0 Å². The summed E-state index contributed by atoms with van der Waals surface area (Å²) in [5, 5.41) is 0. The normalized spacial score (nSPS) is 19.8. The lowest BCUT2D eigenvalue weighted by Crippen LogP contribution is -2.53. The second-order valence-corrected chi connectivity index (χ2v) is 4.88. The maximum absolute atomic E-state index is 11.6. The van der Waals surface area contributed by atoms with Gasteiger partial charge >= 0.3 is 5.97 Å². The number of rotatable bonds is 6. The molecule has 1 aliphatic rings. The van der Waals surface area contributed by atoms with Gasteiger partial charge in [-0.3, -0.25) is 14.6 Å². The van der Waals surface area contributed by atoms with Crippen LogP contribution in [0.3, 0.4) is 0 Å². The molecule has 0 aromatic rings. The summed E-state index contributed by atoms with van der Waals surface area (Å²) < 4.78 is 4.79. The fourth-order valence-electron chi connectivity index (χ4n) is 2.12. The number of carbonyl (C=O) groups excluding carboxylic acids is 1. The highest BCUT2D eigenvalue weighted by atomic mass is 16.5. The average molecular weight is 255 g/mol. The lowest BCUT2D eigenvalue weighted by Gasteiger charge is -2.37. The Kier molecular flexibility index (Phi) is 6.32. The van der Waals surface area contributed by atoms with Crippen LogP contribution >= 0.6 is 0 Å². The van der Waals surface area contributed by atoms with Gasteiger partial charge in [-0.05, 0) is 14.1 Å². The van der Waals surface area contributed by atoms with Gasteiger partial charge in [0.25, 0.3) is 0 Å². The van der Waals surface area contributed by atoms with Gasteiger partial charge in [-0.2, -0.15) is 0 Å². The first-order chi connectivity index (χ1) is 8.58. The van der Waals surface area contributed by atoms with Crippen LogP contribution in [-0.2, 0) is 9.53 Å². The summed E-state index contributed by atoms with van der Waals surface area (Å²) in [6.07, 6.45) is 1.67. The molecule has 1 saturated heterocycles. The maximum atomic E-state index is 11.6. The van der Waals surface area contributed by atoms with Gasteiger partial charge in [0.1, 0.15) is 6.04 Å². The molecule has 1 heterocycles. The summed E-state index contributed by atoms with van der Waals surface area (Å²) in [6.45, 7) is 9.64. The molecule has 0 aliphatic carbocycles. The number of piperazine rings is 1. The van der Waals surface area contributed by atoms with Gasteiger partial charge in [0.2, 0.25) is 0 Å². The van der Waals surface area contributed by atoms with Crippen LogP contribution in [0.1, 0.15) is 0 Å². The van der Waals surface area contributed by atoms with E-state index in [2.05, 4.69) is 35.4 Å². The second kappa shape index (κ2) is 7.51. The van der Waals surface area contributed by atoms with E-state index >= 15 is 0 Å². The molecule has 0 bridgehead atoms. The lowest BCUT2D eigenvalue weighted by molar-refractivity contribution is -0.145. The van der Waals surface area contributed by atoms with E-state index in [9.17, 15) is 4.79 Å². The molecule has 0 N–H and O–H groups in total. The van der Waals surface area contributed by atoms with Gasteiger partial charge in [-0.15, -0.1) is 6.58 Å². The minimum absolute atomic E-state index is 0.216. The Balaban J connectivity index is 2.38. The third-order valence-electron chi connectivity index (χ3n) is 3.33. The number of likely N-dealkylation sites (N-methyl/N-ethyl adjacent to an activating group) is 1. The quantitative estimate of drug-likeness (QED) is 0.489. The van der Waals surface area contributed by atoms with Crippen LogP contribution < -0.4 is 0 Å². The number of nitrogens with zero attached hydrogens (tertiary/aromatic N) is 3. The zero-order chi connectivity index (χ0) is 13.5. The standard InChI is InChI=1S/C13H25N3O2/c1-5-12(13(17)18-4)16-10-8-15(9-11-16)7-6-14(2)3/h5,12H,1,6-11H2,2-4H3. The lowest BCUT2D eigenvalue weighted by atomic mass is 10.2. The fraction of sp³-hybridized carbons (Fsp3) is 0.769. The summed E-state index contributed by atoms with van der Waals surface area (Å²) in [5.41, 5.74) is 0. The summed E-state index contributed by atoms with van der Waals surface area (Å²) in [6, 6.07) is -0.300. The van der Waals surface area contributed by atoms with Gasteiger partial charge < -0.3 is 9.64 Å². The molecule has 0 radical (unpaired) electrons. The van der Waals surface area contributed by atoms with Crippen molar-refractivity contribution in [2.45, 2.75) is 6.04 Å². The van der Waals surface area contributed by atoms with Crippen LogP contribution in [-0.4, -0.2) is 87.2 Å². The minimum atomic E-state index is -0.300. The van der Waals surface area contributed by atoms with E-state index in [4.69, 9.17) is 4.74 Å². The maximum Gasteiger partial charge on any atom is 0.327 e. The molecule has 1 unspecified atom stereocenters. The number of methoxy groups -OCH3 is 1. The third-order valence-corrected chi connectivity index (χ3v) is 3.33. The zero-order valence-corrected chi connectivity index (χ0v) is 11.8. The molecule has 1 fully saturated rings. The van der Waals surface area contributed by atoms with Crippen LogP contribution in [0.4, 0.5) is 0 Å². The molecule has 0 spiro atoms. The first kappa shape index (κ1) is 15.1. The summed E-state index contributed by atoms with van der Waals surface area (Å²) in [4.78, 5) is 18.3. The number of hydrogen-bond donors (Lipinski definition) is 0. The number of carbonyl (C=O) groups is 1. The molecule has 1 rings (SSSR count). The van der Waals surface area contributed by atoms with Gasteiger partial charge in [-0.1, -0.05) is 6.08 Å². The highest BCUT2D eigenvalue weighted by molar-refractivity contribution is 5.77. The Labute approximate surface area is 110 Å². The van der Waals surface area contributed by atoms with Crippen molar-refractivity contribution < 1.29 is 9.53 Å². The number of hydrogen-bond acceptors (Lipinski definition) is 5. The molecule has 5 nitrogen and oxygen atoms in total. The highest BCUT2D eigenvalue weighted by Crippen LogP contribution is 2.08. The van der Waals surface area contributed by atoms with E-state index in [1.54, 1.807) is 6.08 Å². The van der Waals surface area contributed by atoms with Crippen LogP contribution in [0.25, 0.3) is 0 Å². The van der Waals surface area contributed by atoms with Gasteiger partial charge in [0, 0.05) is 39.3 Å². The Morgan fingerprint density at radius 3 is 2.44 bits per heavy atom. The monoisotopic (exact) mass is 255 g/mol. The predicted molar refractivity (Wildman–Crippen MR) is 72.6 cm³/mol. The molecule has 5 heteroatoms. The van der Waals surface area contributed by atoms with Crippen molar-refractivity contribution in [2.24, 2.45) is 0 Å². The molecule has 104 valence electrons. The molecule has 0 amide bonds. The fourth-order valence-corrected chi connectivity index (χ4v) is 2.12. The predicted octanol–water partition coefficient (Wildman–Crippen LogP) is -0.107. The second-order valence-electron chi connectivity index (χ2n) is 4.88. The van der Waals surface area contributed by atoms with Gasteiger partial charge in [0.15, 0.2) is 0 Å². The Morgan fingerprint density at radius 1 is 1.39 bits per heavy atom. The highest BCUT2D eigenvalue weighted by Gasteiger charge is 2.27. The van der Waals surface area contributed by atoms with E-state index in [-0.39, 0.29) is 12.0 Å². The largest absolute Gasteiger partial charge is 0.468 e. The number of ether oxygens (including phenoxy) is 1. The zero-order valence-electron chi connectivity index (χ0n) is 11.8. The topological polar surface area (TPSA) is 36.0 Å². The van der Waals surface area contributed by atoms with E-state index in [1.165, 1.54) is 7.11 Å². The molecule has 1 aliphatic heterocycles. The molecule has 18 heavy (non-hydrogen) atoms. The van der Waals surface area contributed by atoms with Crippen molar-refractivity contribution in [1.29, 1.82) is 0 Å². The molecule has 0 aromatic carbocycles. The van der Waals surface area contributed by atoms with Crippen LogP contribution in [0.2, 0.25) is 0 Å². The van der Waals surface area contributed by atoms with E-state index in [0.717, 1.165) is 39.3 Å². The Hall–Kier alpha value is -0.910. The summed E-state index contributed by atoms with van der Waals surface area (Å²) in [5.74, 6) is -0.216. The van der Waals surface area contributed by atoms with Gasteiger partial charge in [-0.25, -0.2) is 0 Å². The summed E-state index contributed by atoms with van der Waals surface area (Å²) in [7, 11) is 5.59. The van der Waals surface area contributed by atoms with Crippen LogP contribution in [0, 0.1) is 0 Å². The van der Waals surface area contributed by atoms with Crippen molar-refractivity contribution in [1.82, 2.24) is 14.7 Å². The third kappa shape index (κ3) is 4.40. The minimum Gasteiger partial charge on any atom is -0.468 e. The average Bonchev–Trinajstić information content (AvgIpc) is 2.38. The van der Waals surface area contributed by atoms with Gasteiger partial charge in [0.05, 0.1) is 7.11 Å². The van der Waals surface area contributed by atoms with Crippen molar-refractivity contribution in [3.05, 3.63) is 12.7 Å². The smallest absolute Gasteiger partial charge is 0.327 e. The molecule has 1 atom stereocenters. The van der Waals surface area contributed by atoms with Crippen LogP contribution in [0.5, 0.6) is 0 Å². The summed E-state index contributed by atoms with van der Waals surface area (Å²) >= 11 is 0. The van der Waals surface area contributed by atoms with Crippen LogP contribution in [0.15, 0.2) is 12.7 Å². The molecular formula is C13H25N3O2. The van der Waals surface area contributed by atoms with Crippen molar-refractivity contribution in [3.8, 4) is 0 Å². The molecule has 0 saturated carbocycles. The van der Waals surface area contributed by atoms with E-state index in [1.807, 2.05) is 0 Å². The Morgan fingerprint density at radius 2 is 2.00 bits per heavy atom. The molecular weight excluding hydrogens is 230 g/mol.